The van der Waals surface area contributed by atoms with Gasteiger partial charge in [0.1, 0.15) is 0 Å². The maximum Gasteiger partial charge on any atom is 0.0410 e. The van der Waals surface area contributed by atoms with Crippen LogP contribution >= 0.6 is 23.4 Å². The van der Waals surface area contributed by atoms with Crippen LogP contribution in [0.2, 0.25) is 5.02 Å². The van der Waals surface area contributed by atoms with E-state index in [9.17, 15) is 0 Å². The molecule has 0 aliphatic carbocycles. The van der Waals surface area contributed by atoms with Crippen molar-refractivity contribution in [2.24, 2.45) is 5.73 Å². The van der Waals surface area contributed by atoms with Crippen molar-refractivity contribution >= 4 is 29.1 Å². The van der Waals surface area contributed by atoms with Gasteiger partial charge in [-0.15, -0.1) is 0 Å². The first kappa shape index (κ1) is 16.0. The maximum atomic E-state index is 6.17. The molecule has 0 bridgehead atoms. The summed E-state index contributed by atoms with van der Waals surface area (Å²) in [5.74, 6) is 1.18. The molecule has 0 amide bonds. The molecule has 1 heterocycles. The molecule has 4 heteroatoms. The number of anilines is 1. The first-order valence-corrected chi connectivity index (χ1v) is 8.70. The maximum absolute atomic E-state index is 6.17. The highest BCUT2D eigenvalue weighted by atomic mass is 35.5. The van der Waals surface area contributed by atoms with Crippen molar-refractivity contribution < 1.29 is 0 Å². The number of nitrogens with two attached hydrogens (primary N) is 1. The summed E-state index contributed by atoms with van der Waals surface area (Å²) < 4.78 is 0.308. The van der Waals surface area contributed by atoms with Crippen molar-refractivity contribution in [3.63, 3.8) is 0 Å². The van der Waals surface area contributed by atoms with Crippen LogP contribution in [-0.2, 0) is 6.42 Å². The number of nitrogens with zero attached hydrogens (tertiary/aromatic N) is 1. The zero-order chi connectivity index (χ0) is 14.8. The van der Waals surface area contributed by atoms with Crippen molar-refractivity contribution in [3.8, 4) is 0 Å². The van der Waals surface area contributed by atoms with Gasteiger partial charge in [-0.3, -0.25) is 0 Å². The number of halogens is 1. The van der Waals surface area contributed by atoms with Crippen molar-refractivity contribution in [2.75, 3.05) is 23.7 Å². The summed E-state index contributed by atoms with van der Waals surface area (Å²) in [5.41, 5.74) is 8.74. The minimum atomic E-state index is 0.208. The van der Waals surface area contributed by atoms with Crippen LogP contribution < -0.4 is 10.6 Å². The number of hydrogen-bond donors (Lipinski definition) is 1. The number of thioether (sulfide) groups is 1. The van der Waals surface area contributed by atoms with Gasteiger partial charge in [0.05, 0.1) is 0 Å². The topological polar surface area (TPSA) is 29.3 Å². The predicted molar refractivity (Wildman–Crippen MR) is 92.2 cm³/mol. The zero-order valence-electron chi connectivity index (χ0n) is 12.7. The minimum Gasteiger partial charge on any atom is -0.369 e. The van der Waals surface area contributed by atoms with Gasteiger partial charge in [0.2, 0.25) is 0 Å². The van der Waals surface area contributed by atoms with Gasteiger partial charge < -0.3 is 10.6 Å². The fourth-order valence-electron chi connectivity index (χ4n) is 2.67. The van der Waals surface area contributed by atoms with Gasteiger partial charge in [-0.25, -0.2) is 0 Å². The van der Waals surface area contributed by atoms with Crippen molar-refractivity contribution in [1.82, 2.24) is 0 Å². The van der Waals surface area contributed by atoms with Gasteiger partial charge in [-0.2, -0.15) is 11.8 Å². The standard InChI is InChI=1S/C16H25ClN2S/c1-4-14(18)10-12-9-13(17)5-6-15(12)19-7-8-20-16(2,3)11-19/h5-6,9,14H,4,7-8,10-11,18H2,1-3H3. The van der Waals surface area contributed by atoms with Crippen LogP contribution in [0.3, 0.4) is 0 Å². The molecule has 1 fully saturated rings. The lowest BCUT2D eigenvalue weighted by Crippen LogP contribution is -2.43. The fourth-order valence-corrected chi connectivity index (χ4v) is 3.98. The third-order valence-corrected chi connectivity index (χ3v) is 5.35. The van der Waals surface area contributed by atoms with Crippen LogP contribution in [0.1, 0.15) is 32.8 Å². The van der Waals surface area contributed by atoms with E-state index < -0.39 is 0 Å². The molecule has 0 radical (unpaired) electrons. The second kappa shape index (κ2) is 6.59. The highest BCUT2D eigenvalue weighted by molar-refractivity contribution is 8.00. The highest BCUT2D eigenvalue weighted by Gasteiger charge is 2.28. The first-order valence-electron chi connectivity index (χ1n) is 7.34. The monoisotopic (exact) mass is 312 g/mol. The van der Waals surface area contributed by atoms with Gasteiger partial charge in [-0.05, 0) is 50.5 Å². The van der Waals surface area contributed by atoms with Gasteiger partial charge in [0.15, 0.2) is 0 Å². The zero-order valence-corrected chi connectivity index (χ0v) is 14.2. The van der Waals surface area contributed by atoms with E-state index in [1.165, 1.54) is 17.0 Å². The highest BCUT2D eigenvalue weighted by Crippen LogP contribution is 2.34. The normalized spacial score (nSPS) is 19.9. The molecular weight excluding hydrogens is 288 g/mol. The van der Waals surface area contributed by atoms with Gasteiger partial charge >= 0.3 is 0 Å². The van der Waals surface area contributed by atoms with Crippen LogP contribution in [0.4, 0.5) is 5.69 Å². The molecule has 2 N–H and O–H groups in total. The molecule has 2 nitrogen and oxygen atoms in total. The molecule has 1 unspecified atom stereocenters. The summed E-state index contributed by atoms with van der Waals surface area (Å²) in [7, 11) is 0. The minimum absolute atomic E-state index is 0.208. The lowest BCUT2D eigenvalue weighted by molar-refractivity contribution is 0.629. The quantitative estimate of drug-likeness (QED) is 0.912. The molecule has 1 aromatic carbocycles. The third kappa shape index (κ3) is 4.06. The number of benzene rings is 1. The Morgan fingerprint density at radius 2 is 2.20 bits per heavy atom. The number of hydrogen-bond acceptors (Lipinski definition) is 3. The summed E-state index contributed by atoms with van der Waals surface area (Å²) in [4.78, 5) is 2.49. The number of rotatable bonds is 4. The molecule has 1 atom stereocenters. The summed E-state index contributed by atoms with van der Waals surface area (Å²) in [5, 5.41) is 0.803. The molecular formula is C16H25ClN2S. The average molecular weight is 313 g/mol. The predicted octanol–water partition coefficient (Wildman–Crippen LogP) is 3.95. The summed E-state index contributed by atoms with van der Waals surface area (Å²) in [6, 6.07) is 6.44. The summed E-state index contributed by atoms with van der Waals surface area (Å²) in [6.07, 6.45) is 1.89. The average Bonchev–Trinajstić information content (AvgIpc) is 2.37. The molecule has 1 saturated heterocycles. The van der Waals surface area contributed by atoms with E-state index in [4.69, 9.17) is 17.3 Å². The van der Waals surface area contributed by atoms with Gasteiger partial charge in [-0.1, -0.05) is 18.5 Å². The molecule has 112 valence electrons. The summed E-state index contributed by atoms with van der Waals surface area (Å²) >= 11 is 8.23. The van der Waals surface area contributed by atoms with E-state index in [-0.39, 0.29) is 6.04 Å². The Morgan fingerprint density at radius 3 is 2.85 bits per heavy atom. The molecule has 1 aliphatic rings. The largest absolute Gasteiger partial charge is 0.369 e. The molecule has 20 heavy (non-hydrogen) atoms. The van der Waals surface area contributed by atoms with Crippen LogP contribution in [0, 0.1) is 0 Å². The van der Waals surface area contributed by atoms with E-state index in [2.05, 4.69) is 49.6 Å². The smallest absolute Gasteiger partial charge is 0.0410 e. The Labute approximate surface area is 132 Å². The van der Waals surface area contributed by atoms with Gasteiger partial charge in [0.25, 0.3) is 0 Å². The summed E-state index contributed by atoms with van der Waals surface area (Å²) in [6.45, 7) is 8.95. The van der Waals surface area contributed by atoms with Crippen LogP contribution in [0.15, 0.2) is 18.2 Å². The molecule has 0 spiro atoms. The van der Waals surface area contributed by atoms with Crippen LogP contribution in [0.25, 0.3) is 0 Å². The third-order valence-electron chi connectivity index (χ3n) is 3.81. The lowest BCUT2D eigenvalue weighted by atomic mass is 10.0. The van der Waals surface area contributed by atoms with E-state index in [0.29, 0.717) is 4.75 Å². The molecule has 1 aliphatic heterocycles. The van der Waals surface area contributed by atoms with Crippen molar-refractivity contribution in [3.05, 3.63) is 28.8 Å². The van der Waals surface area contributed by atoms with E-state index in [0.717, 1.165) is 31.0 Å². The van der Waals surface area contributed by atoms with E-state index in [1.54, 1.807) is 0 Å². The SMILES string of the molecule is CCC(N)Cc1cc(Cl)ccc1N1CCSC(C)(C)C1. The van der Waals surface area contributed by atoms with Crippen molar-refractivity contribution in [1.29, 1.82) is 0 Å². The lowest BCUT2D eigenvalue weighted by Gasteiger charge is -2.40. The Bertz CT molecular complexity index is 462. The van der Waals surface area contributed by atoms with Crippen LogP contribution in [0.5, 0.6) is 0 Å². The molecule has 1 aromatic rings. The fraction of sp³-hybridized carbons (Fsp3) is 0.625. The Morgan fingerprint density at radius 1 is 1.45 bits per heavy atom. The molecule has 2 rings (SSSR count). The van der Waals surface area contributed by atoms with E-state index in [1.807, 2.05) is 6.07 Å². The van der Waals surface area contributed by atoms with Crippen molar-refractivity contribution in [2.45, 2.75) is 44.4 Å². The molecule has 0 aromatic heterocycles. The second-order valence-corrected chi connectivity index (χ2v) is 8.41. The van der Waals surface area contributed by atoms with Gasteiger partial charge in [0, 0.05) is 40.3 Å². The first-order chi connectivity index (χ1) is 9.41. The van der Waals surface area contributed by atoms with Crippen LogP contribution in [-0.4, -0.2) is 29.6 Å². The molecule has 0 saturated carbocycles. The Balaban J connectivity index is 2.26. The Hall–Kier alpha value is -0.380. The van der Waals surface area contributed by atoms with E-state index >= 15 is 0 Å². The Kier molecular flexibility index (Phi) is 5.27. The second-order valence-electron chi connectivity index (χ2n) is 6.18.